The lowest BCUT2D eigenvalue weighted by Crippen LogP contribution is -2.42. The average Bonchev–Trinajstić information content (AvgIpc) is 2.83. The molecule has 2 aromatic rings. The molecule has 4 heteroatoms. The third-order valence-electron chi connectivity index (χ3n) is 3.59. The Morgan fingerprint density at radius 1 is 1.42 bits per heavy atom. The van der Waals surface area contributed by atoms with Crippen molar-refractivity contribution in [1.29, 1.82) is 0 Å². The van der Waals surface area contributed by atoms with Gasteiger partial charge < -0.3 is 15.0 Å². The first-order valence-electron chi connectivity index (χ1n) is 7.02. The number of benzene rings is 1. The molecule has 0 spiro atoms. The third kappa shape index (κ3) is 2.80. The van der Waals surface area contributed by atoms with Crippen molar-refractivity contribution in [2.45, 2.75) is 32.2 Å². The molecule has 19 heavy (non-hydrogen) atoms. The molecule has 4 nitrogen and oxygen atoms in total. The van der Waals surface area contributed by atoms with Gasteiger partial charge in [0.15, 0.2) is 0 Å². The van der Waals surface area contributed by atoms with E-state index in [2.05, 4.69) is 47.3 Å². The van der Waals surface area contributed by atoms with E-state index in [1.807, 2.05) is 0 Å². The van der Waals surface area contributed by atoms with E-state index < -0.39 is 0 Å². The van der Waals surface area contributed by atoms with Gasteiger partial charge >= 0.3 is 0 Å². The van der Waals surface area contributed by atoms with Crippen LogP contribution in [0.2, 0.25) is 0 Å². The van der Waals surface area contributed by atoms with Gasteiger partial charge in [-0.25, -0.2) is 4.98 Å². The molecule has 102 valence electrons. The molecule has 2 N–H and O–H groups in total. The molecule has 1 aliphatic rings. The van der Waals surface area contributed by atoms with E-state index in [1.165, 1.54) is 5.56 Å². The van der Waals surface area contributed by atoms with E-state index >= 15 is 0 Å². The van der Waals surface area contributed by atoms with Crippen LogP contribution in [0.25, 0.3) is 11.0 Å². The van der Waals surface area contributed by atoms with Crippen LogP contribution in [0.3, 0.4) is 0 Å². The molecular formula is C15H21N3O. The largest absolute Gasteiger partial charge is 0.379 e. The second kappa shape index (κ2) is 5.31. The SMILES string of the molecule is CC(C)c1nc2ccc(CC3COCCN3)cc2[nH]1. The number of hydrogen-bond acceptors (Lipinski definition) is 3. The molecule has 0 radical (unpaired) electrons. The molecule has 1 fully saturated rings. The lowest BCUT2D eigenvalue weighted by atomic mass is 10.1. The van der Waals surface area contributed by atoms with Gasteiger partial charge in [0, 0.05) is 18.5 Å². The molecule has 1 aromatic heterocycles. The van der Waals surface area contributed by atoms with E-state index in [-0.39, 0.29) is 0 Å². The molecular weight excluding hydrogens is 238 g/mol. The predicted molar refractivity (Wildman–Crippen MR) is 76.5 cm³/mol. The van der Waals surface area contributed by atoms with Crippen molar-refractivity contribution in [2.24, 2.45) is 0 Å². The number of imidazole rings is 1. The maximum absolute atomic E-state index is 5.49. The zero-order valence-electron chi connectivity index (χ0n) is 11.6. The molecule has 1 unspecified atom stereocenters. The summed E-state index contributed by atoms with van der Waals surface area (Å²) in [6.07, 6.45) is 1.01. The van der Waals surface area contributed by atoms with E-state index in [9.17, 15) is 0 Å². The quantitative estimate of drug-likeness (QED) is 0.888. The Bertz CT molecular complexity index is 556. The Morgan fingerprint density at radius 2 is 2.32 bits per heavy atom. The first kappa shape index (κ1) is 12.6. The molecule has 1 atom stereocenters. The van der Waals surface area contributed by atoms with Gasteiger partial charge in [0.25, 0.3) is 0 Å². The molecule has 0 bridgehead atoms. The van der Waals surface area contributed by atoms with E-state index in [0.29, 0.717) is 12.0 Å². The van der Waals surface area contributed by atoms with Gasteiger partial charge in [0.05, 0.1) is 24.2 Å². The average molecular weight is 259 g/mol. The van der Waals surface area contributed by atoms with Gasteiger partial charge in [-0.15, -0.1) is 0 Å². The number of aromatic nitrogens is 2. The summed E-state index contributed by atoms with van der Waals surface area (Å²) in [5, 5.41) is 3.49. The first-order valence-corrected chi connectivity index (χ1v) is 7.02. The summed E-state index contributed by atoms with van der Waals surface area (Å²) < 4.78 is 5.49. The zero-order chi connectivity index (χ0) is 13.2. The van der Waals surface area contributed by atoms with Crippen molar-refractivity contribution in [3.05, 3.63) is 29.6 Å². The van der Waals surface area contributed by atoms with Crippen molar-refractivity contribution >= 4 is 11.0 Å². The Hall–Kier alpha value is -1.39. The minimum atomic E-state index is 0.429. The van der Waals surface area contributed by atoms with Gasteiger partial charge in [0.2, 0.25) is 0 Å². The molecule has 0 aliphatic carbocycles. The second-order valence-electron chi connectivity index (χ2n) is 5.56. The molecule has 1 saturated heterocycles. The van der Waals surface area contributed by atoms with Gasteiger partial charge in [-0.05, 0) is 24.1 Å². The van der Waals surface area contributed by atoms with Gasteiger partial charge in [-0.2, -0.15) is 0 Å². The fourth-order valence-electron chi connectivity index (χ4n) is 2.51. The summed E-state index contributed by atoms with van der Waals surface area (Å²) >= 11 is 0. The summed E-state index contributed by atoms with van der Waals surface area (Å²) in [5.41, 5.74) is 3.52. The van der Waals surface area contributed by atoms with Crippen LogP contribution in [0.4, 0.5) is 0 Å². The number of nitrogens with one attached hydrogen (secondary N) is 2. The standard InChI is InChI=1S/C15H21N3O/c1-10(2)15-17-13-4-3-11(8-14(13)18-15)7-12-9-19-6-5-16-12/h3-4,8,10,12,16H,5-7,9H2,1-2H3,(H,17,18). The van der Waals surface area contributed by atoms with E-state index in [1.54, 1.807) is 0 Å². The fraction of sp³-hybridized carbons (Fsp3) is 0.533. The lowest BCUT2D eigenvalue weighted by Gasteiger charge is -2.23. The van der Waals surface area contributed by atoms with Crippen molar-refractivity contribution in [3.8, 4) is 0 Å². The number of rotatable bonds is 3. The minimum absolute atomic E-state index is 0.429. The highest BCUT2D eigenvalue weighted by Crippen LogP contribution is 2.19. The van der Waals surface area contributed by atoms with Crippen LogP contribution in [0.15, 0.2) is 18.2 Å². The molecule has 3 rings (SSSR count). The van der Waals surface area contributed by atoms with Gasteiger partial charge in [0.1, 0.15) is 5.82 Å². The summed E-state index contributed by atoms with van der Waals surface area (Å²) in [4.78, 5) is 8.01. The van der Waals surface area contributed by atoms with Crippen LogP contribution in [0, 0.1) is 0 Å². The Kier molecular flexibility index (Phi) is 3.53. The zero-order valence-corrected chi connectivity index (χ0v) is 11.6. The molecule has 1 aliphatic heterocycles. The Balaban J connectivity index is 1.80. The van der Waals surface area contributed by atoms with Gasteiger partial charge in [-0.3, -0.25) is 0 Å². The Labute approximate surface area is 113 Å². The van der Waals surface area contributed by atoms with E-state index in [4.69, 9.17) is 4.74 Å². The molecule has 1 aromatic carbocycles. The fourth-order valence-corrected chi connectivity index (χ4v) is 2.51. The molecule has 0 amide bonds. The molecule has 0 saturated carbocycles. The van der Waals surface area contributed by atoms with Gasteiger partial charge in [-0.1, -0.05) is 19.9 Å². The number of hydrogen-bond donors (Lipinski definition) is 2. The highest BCUT2D eigenvalue weighted by molar-refractivity contribution is 5.76. The number of aromatic amines is 1. The normalized spacial score (nSPS) is 20.3. The highest BCUT2D eigenvalue weighted by atomic mass is 16.5. The number of ether oxygens (including phenoxy) is 1. The van der Waals surface area contributed by atoms with Crippen LogP contribution in [0.1, 0.15) is 31.2 Å². The maximum atomic E-state index is 5.49. The summed E-state index contributed by atoms with van der Waals surface area (Å²) in [5.74, 6) is 1.50. The van der Waals surface area contributed by atoms with Crippen molar-refractivity contribution in [1.82, 2.24) is 15.3 Å². The predicted octanol–water partition coefficient (Wildman–Crippen LogP) is 2.22. The topological polar surface area (TPSA) is 49.9 Å². The van der Waals surface area contributed by atoms with Crippen LogP contribution in [0.5, 0.6) is 0 Å². The Morgan fingerprint density at radius 3 is 3.05 bits per heavy atom. The van der Waals surface area contributed by atoms with Crippen molar-refractivity contribution in [2.75, 3.05) is 19.8 Å². The van der Waals surface area contributed by atoms with Crippen LogP contribution in [-0.4, -0.2) is 35.8 Å². The number of nitrogens with zero attached hydrogens (tertiary/aromatic N) is 1. The van der Waals surface area contributed by atoms with Crippen LogP contribution in [-0.2, 0) is 11.2 Å². The van der Waals surface area contributed by atoms with Crippen LogP contribution < -0.4 is 5.32 Å². The first-order chi connectivity index (χ1) is 9.22. The lowest BCUT2D eigenvalue weighted by molar-refractivity contribution is 0.0770. The second-order valence-corrected chi connectivity index (χ2v) is 5.56. The molecule has 2 heterocycles. The monoisotopic (exact) mass is 259 g/mol. The third-order valence-corrected chi connectivity index (χ3v) is 3.59. The summed E-state index contributed by atoms with van der Waals surface area (Å²) in [6.45, 7) is 6.89. The number of morpholine rings is 1. The summed E-state index contributed by atoms with van der Waals surface area (Å²) in [7, 11) is 0. The van der Waals surface area contributed by atoms with Crippen molar-refractivity contribution < 1.29 is 4.74 Å². The smallest absolute Gasteiger partial charge is 0.109 e. The minimum Gasteiger partial charge on any atom is -0.379 e. The van der Waals surface area contributed by atoms with Crippen molar-refractivity contribution in [3.63, 3.8) is 0 Å². The van der Waals surface area contributed by atoms with Crippen LogP contribution >= 0.6 is 0 Å². The number of H-pyrrole nitrogens is 1. The highest BCUT2D eigenvalue weighted by Gasteiger charge is 2.14. The maximum Gasteiger partial charge on any atom is 0.109 e. The number of fused-ring (bicyclic) bond motifs is 1. The van der Waals surface area contributed by atoms with E-state index in [0.717, 1.165) is 43.0 Å². The summed E-state index contributed by atoms with van der Waals surface area (Å²) in [6, 6.07) is 6.92.